The molecule has 7 nitrogen and oxygen atoms in total. The van der Waals surface area contributed by atoms with Crippen LogP contribution in [-0.2, 0) is 17.7 Å². The molecule has 1 amide bonds. The predicted molar refractivity (Wildman–Crippen MR) is 107 cm³/mol. The molecule has 9 heteroatoms. The summed E-state index contributed by atoms with van der Waals surface area (Å²) in [6.45, 7) is 5.55. The highest BCUT2D eigenvalue weighted by Crippen LogP contribution is 2.34. The second kappa shape index (κ2) is 8.00. The van der Waals surface area contributed by atoms with Crippen molar-refractivity contribution < 1.29 is 13.9 Å². The monoisotopic (exact) mass is 415 g/mol. The highest BCUT2D eigenvalue weighted by atomic mass is 32.1. The summed E-state index contributed by atoms with van der Waals surface area (Å²) in [5, 5.41) is 0.776. The van der Waals surface area contributed by atoms with E-state index in [2.05, 4.69) is 13.9 Å². The molecule has 1 aliphatic heterocycles. The minimum absolute atomic E-state index is 0.115. The normalized spacial score (nSPS) is 16.1. The molecule has 0 spiro atoms. The first-order valence-electron chi connectivity index (χ1n) is 9.45. The van der Waals surface area contributed by atoms with E-state index in [1.165, 1.54) is 35.8 Å². The number of carbonyl (C=O) groups excluding carboxylic acids is 1. The van der Waals surface area contributed by atoms with E-state index in [1.54, 1.807) is 7.11 Å². The van der Waals surface area contributed by atoms with Gasteiger partial charge in [-0.25, -0.2) is 14.4 Å². The second-order valence-corrected chi connectivity index (χ2v) is 7.74. The first-order chi connectivity index (χ1) is 14.0. The van der Waals surface area contributed by atoms with Gasteiger partial charge in [-0.2, -0.15) is 4.37 Å². The molecule has 0 saturated carbocycles. The number of methoxy groups -OCH3 is 1. The van der Waals surface area contributed by atoms with Crippen LogP contribution in [0.1, 0.15) is 40.5 Å². The molecular formula is C20H22FN5O2S. The number of ether oxygens (including phenoxy) is 1. The molecule has 0 aliphatic carbocycles. The van der Waals surface area contributed by atoms with Crippen molar-refractivity contribution in [2.75, 3.05) is 20.3 Å². The van der Waals surface area contributed by atoms with Crippen molar-refractivity contribution in [1.82, 2.24) is 23.8 Å². The number of imidazole rings is 1. The summed E-state index contributed by atoms with van der Waals surface area (Å²) in [4.78, 5) is 24.2. The number of nitrogens with zero attached hydrogens (tertiary/aromatic N) is 5. The highest BCUT2D eigenvalue weighted by molar-refractivity contribution is 7.09. The number of amides is 1. The molecule has 2 aromatic heterocycles. The molecule has 1 aromatic carbocycles. The van der Waals surface area contributed by atoms with E-state index in [4.69, 9.17) is 9.72 Å². The van der Waals surface area contributed by atoms with E-state index in [-0.39, 0.29) is 17.8 Å². The van der Waals surface area contributed by atoms with Gasteiger partial charge in [0.15, 0.2) is 10.8 Å². The van der Waals surface area contributed by atoms with E-state index in [0.717, 1.165) is 28.0 Å². The predicted octanol–water partition coefficient (Wildman–Crippen LogP) is 3.26. The molecule has 0 saturated heterocycles. The maximum absolute atomic E-state index is 13.2. The summed E-state index contributed by atoms with van der Waals surface area (Å²) < 4.78 is 24.9. The topological polar surface area (TPSA) is 73.1 Å². The Bertz CT molecular complexity index is 1030. The largest absolute Gasteiger partial charge is 0.384 e. The van der Waals surface area contributed by atoms with Crippen LogP contribution in [0.4, 0.5) is 4.39 Å². The van der Waals surface area contributed by atoms with Gasteiger partial charge >= 0.3 is 0 Å². The number of hydrogen-bond acceptors (Lipinski definition) is 6. The number of carbonyl (C=O) groups is 1. The molecule has 1 aliphatic rings. The van der Waals surface area contributed by atoms with Gasteiger partial charge in [-0.1, -0.05) is 0 Å². The van der Waals surface area contributed by atoms with Crippen molar-refractivity contribution in [3.05, 3.63) is 52.9 Å². The number of rotatable bonds is 5. The van der Waals surface area contributed by atoms with Crippen LogP contribution >= 0.6 is 11.5 Å². The lowest BCUT2D eigenvalue weighted by atomic mass is 10.1. The highest BCUT2D eigenvalue weighted by Gasteiger charge is 2.34. The second-order valence-electron chi connectivity index (χ2n) is 6.99. The Morgan fingerprint density at radius 2 is 2.03 bits per heavy atom. The molecule has 0 fully saturated rings. The number of halogens is 1. The zero-order valence-electron chi connectivity index (χ0n) is 16.6. The van der Waals surface area contributed by atoms with E-state index in [0.29, 0.717) is 31.7 Å². The van der Waals surface area contributed by atoms with Crippen LogP contribution in [0, 0.1) is 12.7 Å². The lowest BCUT2D eigenvalue weighted by Crippen LogP contribution is -2.41. The molecule has 3 heterocycles. The van der Waals surface area contributed by atoms with E-state index >= 15 is 0 Å². The van der Waals surface area contributed by atoms with Crippen LogP contribution in [0.3, 0.4) is 0 Å². The van der Waals surface area contributed by atoms with Crippen LogP contribution in [0.5, 0.6) is 0 Å². The van der Waals surface area contributed by atoms with Crippen LogP contribution in [0.2, 0.25) is 0 Å². The van der Waals surface area contributed by atoms with Gasteiger partial charge in [-0.05, 0) is 49.6 Å². The molecular weight excluding hydrogens is 393 g/mol. The fraction of sp³-hybridized carbons (Fsp3) is 0.400. The van der Waals surface area contributed by atoms with Gasteiger partial charge in [0.2, 0.25) is 0 Å². The SMILES string of the molecule is COCCc1nc(-c2nc(C)ns2)n2c1[C@@H](C)N(C(=O)c1ccc(F)cc1)CC2. The van der Waals surface area contributed by atoms with Crippen LogP contribution in [0.25, 0.3) is 10.8 Å². The molecule has 0 radical (unpaired) electrons. The number of hydrogen-bond donors (Lipinski definition) is 0. The summed E-state index contributed by atoms with van der Waals surface area (Å²) >= 11 is 1.33. The van der Waals surface area contributed by atoms with Crippen molar-refractivity contribution in [2.24, 2.45) is 0 Å². The van der Waals surface area contributed by atoms with Gasteiger partial charge in [-0.3, -0.25) is 4.79 Å². The third-order valence-corrected chi connectivity index (χ3v) is 5.93. The smallest absolute Gasteiger partial charge is 0.254 e. The number of aromatic nitrogens is 4. The lowest BCUT2D eigenvalue weighted by Gasteiger charge is -2.35. The summed E-state index contributed by atoms with van der Waals surface area (Å²) in [5.74, 6) is 1.04. The van der Waals surface area contributed by atoms with E-state index in [9.17, 15) is 9.18 Å². The van der Waals surface area contributed by atoms with Gasteiger partial charge < -0.3 is 14.2 Å². The minimum Gasteiger partial charge on any atom is -0.384 e. The van der Waals surface area contributed by atoms with Gasteiger partial charge in [0.25, 0.3) is 5.91 Å². The van der Waals surface area contributed by atoms with Crippen molar-refractivity contribution in [2.45, 2.75) is 32.9 Å². The molecule has 0 N–H and O–H groups in total. The lowest BCUT2D eigenvalue weighted by molar-refractivity contribution is 0.0643. The molecule has 152 valence electrons. The van der Waals surface area contributed by atoms with Gasteiger partial charge in [0, 0.05) is 32.2 Å². The Labute approximate surface area is 172 Å². The Hall–Kier alpha value is -2.65. The number of fused-ring (bicyclic) bond motifs is 1. The molecule has 1 atom stereocenters. The van der Waals surface area contributed by atoms with Crippen molar-refractivity contribution >= 4 is 17.4 Å². The average molecular weight is 415 g/mol. The Balaban J connectivity index is 1.71. The zero-order chi connectivity index (χ0) is 20.5. The molecule has 4 rings (SSSR count). The quantitative estimate of drug-likeness (QED) is 0.640. The number of benzene rings is 1. The summed E-state index contributed by atoms with van der Waals surface area (Å²) in [6.07, 6.45) is 0.645. The summed E-state index contributed by atoms with van der Waals surface area (Å²) in [6, 6.07) is 5.50. The Kier molecular flexibility index (Phi) is 5.42. The van der Waals surface area contributed by atoms with Crippen molar-refractivity contribution in [1.29, 1.82) is 0 Å². The van der Waals surface area contributed by atoms with E-state index < -0.39 is 0 Å². The molecule has 29 heavy (non-hydrogen) atoms. The summed E-state index contributed by atoms with van der Waals surface area (Å²) in [5.41, 5.74) is 2.37. The standard InChI is InChI=1S/C20H22FN5O2S/c1-12-17-16(8-11-28-3)23-18(19-22-13(2)24-29-19)26(17)10-9-25(12)20(27)14-4-6-15(21)7-5-14/h4-7,12H,8-11H2,1-3H3/t12-/m1/s1. The van der Waals surface area contributed by atoms with Gasteiger partial charge in [0.05, 0.1) is 24.0 Å². The molecule has 3 aromatic rings. The fourth-order valence-electron chi connectivity index (χ4n) is 3.73. The Morgan fingerprint density at radius 1 is 1.28 bits per heavy atom. The van der Waals surface area contributed by atoms with Crippen molar-refractivity contribution in [3.8, 4) is 10.8 Å². The van der Waals surface area contributed by atoms with Crippen molar-refractivity contribution in [3.63, 3.8) is 0 Å². The van der Waals surface area contributed by atoms with Crippen LogP contribution in [-0.4, -0.2) is 50.0 Å². The minimum atomic E-state index is -0.356. The third kappa shape index (κ3) is 3.67. The van der Waals surface area contributed by atoms with E-state index in [1.807, 2.05) is 18.7 Å². The Morgan fingerprint density at radius 3 is 2.69 bits per heavy atom. The fourth-order valence-corrected chi connectivity index (χ4v) is 4.40. The van der Waals surface area contributed by atoms with Crippen LogP contribution < -0.4 is 0 Å². The number of aryl methyl sites for hydroxylation is 1. The first-order valence-corrected chi connectivity index (χ1v) is 10.2. The third-order valence-electron chi connectivity index (χ3n) is 5.12. The van der Waals surface area contributed by atoms with Crippen LogP contribution in [0.15, 0.2) is 24.3 Å². The molecule has 0 unspecified atom stereocenters. The molecule has 0 bridgehead atoms. The maximum atomic E-state index is 13.2. The first kappa shape index (κ1) is 19.7. The van der Waals surface area contributed by atoms with Gasteiger partial charge in [0.1, 0.15) is 11.6 Å². The summed E-state index contributed by atoms with van der Waals surface area (Å²) in [7, 11) is 1.66. The maximum Gasteiger partial charge on any atom is 0.254 e. The zero-order valence-corrected chi connectivity index (χ0v) is 17.4. The van der Waals surface area contributed by atoms with Gasteiger partial charge in [-0.15, -0.1) is 0 Å². The average Bonchev–Trinajstić information content (AvgIpc) is 3.30.